The number of phenolic OH excluding ortho intramolecular Hbond substituents is 1. The number of aromatic hydroxyl groups is 1. The van der Waals surface area contributed by atoms with Gasteiger partial charge in [-0.05, 0) is 62.7 Å². The molecule has 0 spiro atoms. The zero-order valence-electron chi connectivity index (χ0n) is 17.3. The molecule has 0 saturated carbocycles. The number of benzene rings is 2. The lowest BCUT2D eigenvalue weighted by Crippen LogP contribution is -2.36. The van der Waals surface area contributed by atoms with Crippen LogP contribution >= 0.6 is 11.6 Å². The average Bonchev–Trinajstić information content (AvgIpc) is 3.08. The van der Waals surface area contributed by atoms with E-state index in [1.807, 2.05) is 19.1 Å². The summed E-state index contributed by atoms with van der Waals surface area (Å²) in [6.45, 7) is 4.02. The van der Waals surface area contributed by atoms with Crippen LogP contribution in [-0.4, -0.2) is 41.5 Å². The topological polar surface area (TPSA) is 76.1 Å². The summed E-state index contributed by atoms with van der Waals surface area (Å²) in [7, 11) is 0. The molecule has 0 amide bonds. The molecule has 31 heavy (non-hydrogen) atoms. The Morgan fingerprint density at radius 2 is 2.00 bits per heavy atom. The van der Waals surface area contributed by atoms with Gasteiger partial charge in [-0.15, -0.1) is 0 Å². The number of nitrogens with zero attached hydrogens (tertiary/aromatic N) is 1. The molecule has 1 N–H and O–H groups in total. The maximum absolute atomic E-state index is 12.9. The van der Waals surface area contributed by atoms with Gasteiger partial charge >= 0.3 is 5.97 Å². The number of carbonyl (C=O) groups is 2. The SMILES string of the molecule is CCOC(=O)C1CCN(Cc2c(O)ccc3c2O/C(=C/c2ccccc2Cl)C3=O)CC1. The van der Waals surface area contributed by atoms with Crippen molar-refractivity contribution in [1.82, 2.24) is 4.90 Å². The minimum absolute atomic E-state index is 0.0815. The molecule has 2 aliphatic rings. The Bertz CT molecular complexity index is 1040. The summed E-state index contributed by atoms with van der Waals surface area (Å²) in [6.07, 6.45) is 3.02. The number of ketones is 1. The maximum atomic E-state index is 12.9. The van der Waals surface area contributed by atoms with Gasteiger partial charge in [0.25, 0.3) is 0 Å². The second kappa shape index (κ2) is 9.12. The van der Waals surface area contributed by atoms with E-state index in [9.17, 15) is 14.7 Å². The van der Waals surface area contributed by atoms with Crippen LogP contribution in [0.15, 0.2) is 42.2 Å². The minimum atomic E-state index is -0.239. The van der Waals surface area contributed by atoms with E-state index in [1.54, 1.807) is 24.3 Å². The van der Waals surface area contributed by atoms with E-state index in [0.29, 0.717) is 66.5 Å². The van der Waals surface area contributed by atoms with E-state index in [2.05, 4.69) is 4.90 Å². The standard InChI is InChI=1S/C24H24ClNO5/c1-2-30-24(29)15-9-11-26(12-10-15)14-18-20(27)8-7-17-22(28)21(31-23(17)18)13-16-5-3-4-6-19(16)25/h3-8,13,15,27H,2,9-12,14H2,1H3/b21-13+. The number of hydrogen-bond acceptors (Lipinski definition) is 6. The number of esters is 1. The number of allylic oxidation sites excluding steroid dienone is 1. The van der Waals surface area contributed by atoms with E-state index in [0.717, 1.165) is 0 Å². The number of hydrogen-bond donors (Lipinski definition) is 1. The fourth-order valence-corrected chi connectivity index (χ4v) is 4.18. The number of fused-ring (bicyclic) bond motifs is 1. The molecule has 162 valence electrons. The van der Waals surface area contributed by atoms with Gasteiger partial charge in [0.15, 0.2) is 5.76 Å². The maximum Gasteiger partial charge on any atom is 0.309 e. The van der Waals surface area contributed by atoms with Crippen LogP contribution in [0.1, 0.15) is 41.3 Å². The molecule has 0 aliphatic carbocycles. The third kappa shape index (κ3) is 4.45. The average molecular weight is 442 g/mol. The summed E-state index contributed by atoms with van der Waals surface area (Å²) < 4.78 is 11.0. The normalized spacial score (nSPS) is 18.1. The first-order valence-electron chi connectivity index (χ1n) is 10.4. The van der Waals surface area contributed by atoms with Crippen molar-refractivity contribution in [3.8, 4) is 11.5 Å². The highest BCUT2D eigenvalue weighted by atomic mass is 35.5. The van der Waals surface area contributed by atoms with Crippen molar-refractivity contribution in [2.24, 2.45) is 5.92 Å². The summed E-state index contributed by atoms with van der Waals surface area (Å²) in [5, 5.41) is 11.0. The van der Waals surface area contributed by atoms with Crippen molar-refractivity contribution in [3.05, 3.63) is 63.9 Å². The molecule has 0 radical (unpaired) electrons. The zero-order chi connectivity index (χ0) is 22.0. The Morgan fingerprint density at radius 1 is 1.26 bits per heavy atom. The van der Waals surface area contributed by atoms with Crippen molar-refractivity contribution in [3.63, 3.8) is 0 Å². The predicted molar refractivity (Wildman–Crippen MR) is 117 cm³/mol. The largest absolute Gasteiger partial charge is 0.507 e. The highest BCUT2D eigenvalue weighted by molar-refractivity contribution is 6.32. The number of Topliss-reactive ketones (excluding diaryl/α,β-unsaturated/α-hetero) is 1. The van der Waals surface area contributed by atoms with E-state index in [4.69, 9.17) is 21.1 Å². The van der Waals surface area contributed by atoms with Gasteiger partial charge in [0, 0.05) is 11.6 Å². The second-order valence-corrected chi connectivity index (χ2v) is 8.11. The van der Waals surface area contributed by atoms with E-state index in [1.165, 1.54) is 6.07 Å². The van der Waals surface area contributed by atoms with Crippen LogP contribution in [-0.2, 0) is 16.1 Å². The quantitative estimate of drug-likeness (QED) is 0.546. The Hall–Kier alpha value is -2.83. The van der Waals surface area contributed by atoms with Crippen molar-refractivity contribution in [2.75, 3.05) is 19.7 Å². The first-order valence-corrected chi connectivity index (χ1v) is 10.8. The Kier molecular flexibility index (Phi) is 6.30. The third-order valence-corrected chi connectivity index (χ3v) is 6.04. The number of likely N-dealkylation sites (tertiary alicyclic amines) is 1. The number of phenols is 1. The highest BCUT2D eigenvalue weighted by Crippen LogP contribution is 2.40. The lowest BCUT2D eigenvalue weighted by molar-refractivity contribution is -0.149. The van der Waals surface area contributed by atoms with Crippen LogP contribution < -0.4 is 4.74 Å². The number of halogens is 1. The minimum Gasteiger partial charge on any atom is -0.507 e. The lowest BCUT2D eigenvalue weighted by Gasteiger charge is -2.31. The lowest BCUT2D eigenvalue weighted by atomic mass is 9.96. The molecule has 2 aromatic rings. The van der Waals surface area contributed by atoms with E-state index < -0.39 is 0 Å². The van der Waals surface area contributed by atoms with Crippen LogP contribution in [0.3, 0.4) is 0 Å². The molecule has 2 heterocycles. The third-order valence-electron chi connectivity index (χ3n) is 5.70. The first-order chi connectivity index (χ1) is 15.0. The van der Waals surface area contributed by atoms with Gasteiger partial charge in [-0.2, -0.15) is 0 Å². The Morgan fingerprint density at radius 3 is 2.71 bits per heavy atom. The van der Waals surface area contributed by atoms with Gasteiger partial charge in [0.05, 0.1) is 23.7 Å². The summed E-state index contributed by atoms with van der Waals surface area (Å²) in [5.74, 6) is 0.171. The molecule has 2 aromatic carbocycles. The van der Waals surface area contributed by atoms with Crippen LogP contribution in [0.25, 0.3) is 6.08 Å². The van der Waals surface area contributed by atoms with Gasteiger partial charge in [-0.25, -0.2) is 0 Å². The number of ether oxygens (including phenoxy) is 2. The van der Waals surface area contributed by atoms with Gasteiger partial charge in [-0.1, -0.05) is 29.8 Å². The Balaban J connectivity index is 1.52. The van der Waals surface area contributed by atoms with Gasteiger partial charge in [-0.3, -0.25) is 14.5 Å². The van der Waals surface area contributed by atoms with E-state index in [-0.39, 0.29) is 29.2 Å². The van der Waals surface area contributed by atoms with Crippen molar-refractivity contribution < 1.29 is 24.2 Å². The molecule has 0 unspecified atom stereocenters. The summed E-state index contributed by atoms with van der Waals surface area (Å²) in [5.41, 5.74) is 1.68. The highest BCUT2D eigenvalue weighted by Gasteiger charge is 2.33. The predicted octanol–water partition coefficient (Wildman–Crippen LogP) is 4.44. The monoisotopic (exact) mass is 441 g/mol. The molecule has 0 atom stereocenters. The van der Waals surface area contributed by atoms with Gasteiger partial charge in [0.2, 0.25) is 5.78 Å². The number of carbonyl (C=O) groups excluding carboxylic acids is 2. The molecule has 1 fully saturated rings. The van der Waals surface area contributed by atoms with Crippen molar-refractivity contribution >= 4 is 29.4 Å². The van der Waals surface area contributed by atoms with Crippen LogP contribution in [0.2, 0.25) is 5.02 Å². The van der Waals surface area contributed by atoms with Crippen LogP contribution in [0.5, 0.6) is 11.5 Å². The summed E-state index contributed by atoms with van der Waals surface area (Å²) >= 11 is 6.21. The Labute approximate surface area is 186 Å². The first kappa shape index (κ1) is 21.4. The number of rotatable bonds is 5. The van der Waals surface area contributed by atoms with Crippen LogP contribution in [0.4, 0.5) is 0 Å². The molecule has 4 rings (SSSR count). The molecule has 2 aliphatic heterocycles. The fourth-order valence-electron chi connectivity index (χ4n) is 3.99. The molecule has 0 aromatic heterocycles. The van der Waals surface area contributed by atoms with Crippen LogP contribution in [0, 0.1) is 5.92 Å². The van der Waals surface area contributed by atoms with Gasteiger partial charge < -0.3 is 14.6 Å². The molecular weight excluding hydrogens is 418 g/mol. The molecule has 7 heteroatoms. The summed E-state index contributed by atoms with van der Waals surface area (Å²) in [4.78, 5) is 27.0. The summed E-state index contributed by atoms with van der Waals surface area (Å²) in [6, 6.07) is 10.3. The zero-order valence-corrected chi connectivity index (χ0v) is 18.0. The second-order valence-electron chi connectivity index (χ2n) is 7.70. The smallest absolute Gasteiger partial charge is 0.309 e. The van der Waals surface area contributed by atoms with Gasteiger partial charge in [0.1, 0.15) is 11.5 Å². The molecule has 0 bridgehead atoms. The van der Waals surface area contributed by atoms with Crippen molar-refractivity contribution in [2.45, 2.75) is 26.3 Å². The molecule has 6 nitrogen and oxygen atoms in total. The molecule has 1 saturated heterocycles. The van der Waals surface area contributed by atoms with E-state index >= 15 is 0 Å². The fraction of sp³-hybridized carbons (Fsp3) is 0.333. The number of piperidine rings is 1. The van der Waals surface area contributed by atoms with Crippen molar-refractivity contribution in [1.29, 1.82) is 0 Å². The molecular formula is C24H24ClNO5.